The number of hydrogen-bond donors (Lipinski definition) is 2. The Balaban J connectivity index is 1.92. The number of aliphatic hydroxyl groups is 1. The molecule has 1 aliphatic carbocycles. The van der Waals surface area contributed by atoms with Crippen LogP contribution in [0.4, 0.5) is 0 Å². The minimum atomic E-state index is -0.262. The topological polar surface area (TPSA) is 77.0 Å². The molecule has 0 saturated heterocycles. The minimum Gasteiger partial charge on any atom is -0.391 e. The van der Waals surface area contributed by atoms with Crippen LogP contribution in [-0.2, 0) is 6.42 Å². The van der Waals surface area contributed by atoms with Crippen LogP contribution in [0.3, 0.4) is 0 Å². The Morgan fingerprint density at radius 2 is 2.18 bits per heavy atom. The lowest BCUT2D eigenvalue weighted by Crippen LogP contribution is -2.27. The molecule has 0 radical (unpaired) electrons. The number of nitrogens with two attached hydrogens (primary N) is 1. The number of aromatic nitrogens is 3. The molecule has 0 amide bonds. The van der Waals surface area contributed by atoms with Gasteiger partial charge in [-0.05, 0) is 38.6 Å². The van der Waals surface area contributed by atoms with E-state index in [0.29, 0.717) is 0 Å². The second-order valence-corrected chi connectivity index (χ2v) is 4.85. The molecule has 96 valence electrons. The normalized spacial score (nSPS) is 25.1. The molecule has 0 bridgehead atoms. The Morgan fingerprint density at radius 1 is 1.35 bits per heavy atom. The van der Waals surface area contributed by atoms with Crippen molar-refractivity contribution in [2.24, 2.45) is 5.73 Å². The fourth-order valence-electron chi connectivity index (χ4n) is 2.44. The minimum absolute atomic E-state index is 0.125. The summed E-state index contributed by atoms with van der Waals surface area (Å²) in [6.07, 6.45) is 8.92. The number of aliphatic hydroxyl groups excluding tert-OH is 1. The second-order valence-electron chi connectivity index (χ2n) is 4.85. The maximum atomic E-state index is 9.94. The summed E-state index contributed by atoms with van der Waals surface area (Å²) in [6.45, 7) is 0.732. The number of hydrogen-bond acceptors (Lipinski definition) is 4. The number of rotatable bonds is 5. The summed E-state index contributed by atoms with van der Waals surface area (Å²) in [6, 6.07) is 0.125. The third-order valence-electron chi connectivity index (χ3n) is 3.48. The van der Waals surface area contributed by atoms with Crippen molar-refractivity contribution in [3.8, 4) is 0 Å². The van der Waals surface area contributed by atoms with Gasteiger partial charge < -0.3 is 10.8 Å². The van der Waals surface area contributed by atoms with Gasteiger partial charge in [0.2, 0.25) is 0 Å². The van der Waals surface area contributed by atoms with Gasteiger partial charge in [-0.3, -0.25) is 0 Å². The van der Waals surface area contributed by atoms with E-state index in [1.807, 2.05) is 10.9 Å². The maximum Gasteiger partial charge on any atom is 0.0827 e. The lowest BCUT2D eigenvalue weighted by Gasteiger charge is -2.27. The van der Waals surface area contributed by atoms with Gasteiger partial charge in [0, 0.05) is 6.20 Å². The largest absolute Gasteiger partial charge is 0.391 e. The molecule has 17 heavy (non-hydrogen) atoms. The van der Waals surface area contributed by atoms with E-state index in [1.165, 1.54) is 6.42 Å². The zero-order chi connectivity index (χ0) is 12.1. The summed E-state index contributed by atoms with van der Waals surface area (Å²) in [5.74, 6) is 0. The van der Waals surface area contributed by atoms with Crippen LogP contribution < -0.4 is 5.73 Å². The van der Waals surface area contributed by atoms with Gasteiger partial charge in [-0.25, -0.2) is 4.68 Å². The molecule has 5 heteroatoms. The molecule has 2 unspecified atom stereocenters. The summed E-state index contributed by atoms with van der Waals surface area (Å²) >= 11 is 0. The van der Waals surface area contributed by atoms with E-state index in [0.717, 1.165) is 50.8 Å². The van der Waals surface area contributed by atoms with Crippen molar-refractivity contribution < 1.29 is 5.11 Å². The van der Waals surface area contributed by atoms with E-state index >= 15 is 0 Å². The monoisotopic (exact) mass is 238 g/mol. The van der Waals surface area contributed by atoms with Gasteiger partial charge in [-0.2, -0.15) is 0 Å². The van der Waals surface area contributed by atoms with E-state index in [1.54, 1.807) is 0 Å². The summed E-state index contributed by atoms with van der Waals surface area (Å²) < 4.78 is 1.85. The quantitative estimate of drug-likeness (QED) is 0.751. The van der Waals surface area contributed by atoms with Crippen LogP contribution in [0.25, 0.3) is 0 Å². The average molecular weight is 238 g/mol. The summed E-state index contributed by atoms with van der Waals surface area (Å²) in [5.41, 5.74) is 6.47. The summed E-state index contributed by atoms with van der Waals surface area (Å²) in [4.78, 5) is 0. The number of nitrogens with zero attached hydrogens (tertiary/aromatic N) is 3. The highest BCUT2D eigenvalue weighted by Crippen LogP contribution is 2.27. The molecule has 5 nitrogen and oxygen atoms in total. The zero-order valence-electron chi connectivity index (χ0n) is 10.3. The Morgan fingerprint density at radius 3 is 2.94 bits per heavy atom. The van der Waals surface area contributed by atoms with E-state index in [2.05, 4.69) is 10.3 Å². The van der Waals surface area contributed by atoms with Gasteiger partial charge in [0.15, 0.2) is 0 Å². The van der Waals surface area contributed by atoms with Crippen LogP contribution in [0.1, 0.15) is 50.3 Å². The molecule has 0 spiro atoms. The molecule has 1 aliphatic rings. The molecular formula is C12H22N4O. The lowest BCUT2D eigenvalue weighted by atomic mass is 9.93. The fraction of sp³-hybridized carbons (Fsp3) is 0.833. The maximum absolute atomic E-state index is 9.94. The second kappa shape index (κ2) is 6.12. The Hall–Kier alpha value is -0.940. The van der Waals surface area contributed by atoms with Gasteiger partial charge in [0.1, 0.15) is 0 Å². The molecule has 3 N–H and O–H groups in total. The first-order valence-corrected chi connectivity index (χ1v) is 6.60. The van der Waals surface area contributed by atoms with Crippen molar-refractivity contribution in [2.45, 2.75) is 57.1 Å². The predicted octanol–water partition coefficient (Wildman–Crippen LogP) is 1.04. The molecule has 1 heterocycles. The molecular weight excluding hydrogens is 216 g/mol. The average Bonchev–Trinajstić information content (AvgIpc) is 2.79. The molecule has 2 rings (SSSR count). The van der Waals surface area contributed by atoms with Gasteiger partial charge >= 0.3 is 0 Å². The molecule has 1 saturated carbocycles. The van der Waals surface area contributed by atoms with Gasteiger partial charge in [-0.15, -0.1) is 5.10 Å². The molecule has 2 atom stereocenters. The van der Waals surface area contributed by atoms with Gasteiger partial charge in [-0.1, -0.05) is 18.1 Å². The van der Waals surface area contributed by atoms with Crippen molar-refractivity contribution in [3.63, 3.8) is 0 Å². The van der Waals surface area contributed by atoms with Crippen LogP contribution >= 0.6 is 0 Å². The van der Waals surface area contributed by atoms with Crippen molar-refractivity contribution >= 4 is 0 Å². The van der Waals surface area contributed by atoms with Crippen LogP contribution in [0, 0.1) is 0 Å². The van der Waals surface area contributed by atoms with Crippen molar-refractivity contribution in [3.05, 3.63) is 11.9 Å². The third kappa shape index (κ3) is 3.26. The van der Waals surface area contributed by atoms with Crippen LogP contribution in [0.2, 0.25) is 0 Å². The standard InChI is InChI=1S/C12H22N4O/c13-8-4-3-5-10-9-16(15-14-10)11-6-1-2-7-12(11)17/h9,11-12,17H,1-8,13H2. The van der Waals surface area contributed by atoms with Gasteiger partial charge in [0.25, 0.3) is 0 Å². The van der Waals surface area contributed by atoms with Crippen molar-refractivity contribution in [2.75, 3.05) is 6.54 Å². The van der Waals surface area contributed by atoms with Crippen molar-refractivity contribution in [1.29, 1.82) is 0 Å². The Labute approximate surface area is 102 Å². The zero-order valence-corrected chi connectivity index (χ0v) is 10.3. The Kier molecular flexibility index (Phi) is 4.50. The third-order valence-corrected chi connectivity index (χ3v) is 3.48. The van der Waals surface area contributed by atoms with Crippen molar-refractivity contribution in [1.82, 2.24) is 15.0 Å². The molecule has 0 aliphatic heterocycles. The van der Waals surface area contributed by atoms with Crippen LogP contribution in [-0.4, -0.2) is 32.7 Å². The number of unbranched alkanes of at least 4 members (excludes halogenated alkanes) is 1. The first-order valence-electron chi connectivity index (χ1n) is 6.60. The molecule has 0 aromatic carbocycles. The highest BCUT2D eigenvalue weighted by Gasteiger charge is 2.25. The smallest absolute Gasteiger partial charge is 0.0827 e. The van der Waals surface area contributed by atoms with E-state index in [9.17, 15) is 5.11 Å². The van der Waals surface area contributed by atoms with Crippen LogP contribution in [0.5, 0.6) is 0 Å². The summed E-state index contributed by atoms with van der Waals surface area (Å²) in [7, 11) is 0. The molecule has 1 aromatic rings. The van der Waals surface area contributed by atoms with E-state index < -0.39 is 0 Å². The first-order chi connectivity index (χ1) is 8.31. The number of aryl methyl sites for hydroxylation is 1. The van der Waals surface area contributed by atoms with Crippen LogP contribution in [0.15, 0.2) is 6.20 Å². The van der Waals surface area contributed by atoms with Gasteiger partial charge in [0.05, 0.1) is 17.8 Å². The van der Waals surface area contributed by atoms with E-state index in [4.69, 9.17) is 5.73 Å². The Bertz CT molecular complexity index is 339. The highest BCUT2D eigenvalue weighted by molar-refractivity contribution is 4.95. The lowest BCUT2D eigenvalue weighted by molar-refractivity contribution is 0.0685. The first kappa shape index (κ1) is 12.5. The molecule has 1 fully saturated rings. The molecule has 1 aromatic heterocycles. The summed E-state index contributed by atoms with van der Waals surface area (Å²) in [5, 5.41) is 18.2. The fourth-order valence-corrected chi connectivity index (χ4v) is 2.44. The SMILES string of the molecule is NCCCCc1cn(C2CCCCC2O)nn1. The van der Waals surface area contributed by atoms with E-state index in [-0.39, 0.29) is 12.1 Å². The predicted molar refractivity (Wildman–Crippen MR) is 65.5 cm³/mol. The highest BCUT2D eigenvalue weighted by atomic mass is 16.3.